The predicted octanol–water partition coefficient (Wildman–Crippen LogP) is 3.43. The molecule has 0 fully saturated rings. The summed E-state index contributed by atoms with van der Waals surface area (Å²) in [6.45, 7) is 6.47. The fraction of sp³-hybridized carbons (Fsp3) is 0.870. The van der Waals surface area contributed by atoms with E-state index in [4.69, 9.17) is 24.1 Å². The van der Waals surface area contributed by atoms with Crippen molar-refractivity contribution in [3.8, 4) is 0 Å². The van der Waals surface area contributed by atoms with E-state index < -0.39 is 29.7 Å². The van der Waals surface area contributed by atoms with Crippen molar-refractivity contribution in [2.45, 2.75) is 78.6 Å². The molecule has 0 bridgehead atoms. The van der Waals surface area contributed by atoms with E-state index in [0.29, 0.717) is 13.2 Å². The molecule has 0 aromatic heterocycles. The van der Waals surface area contributed by atoms with Crippen LogP contribution in [0.15, 0.2) is 0 Å². The Labute approximate surface area is 187 Å². The maximum Gasteiger partial charge on any atom is 0.310 e. The molecular formula is C23H42O8. The summed E-state index contributed by atoms with van der Waals surface area (Å²) in [5.74, 6) is -3.52. The second-order valence-electron chi connectivity index (χ2n) is 7.61. The quantitative estimate of drug-likeness (QED) is 0.172. The number of esters is 3. The first kappa shape index (κ1) is 29.3. The summed E-state index contributed by atoms with van der Waals surface area (Å²) in [5, 5.41) is 8.70. The monoisotopic (exact) mass is 446 g/mol. The smallest absolute Gasteiger partial charge is 0.310 e. The van der Waals surface area contributed by atoms with Crippen molar-refractivity contribution in [2.75, 3.05) is 39.6 Å². The van der Waals surface area contributed by atoms with Crippen molar-refractivity contribution in [1.29, 1.82) is 0 Å². The SMILES string of the molecule is CCCCCCOC(=O)CC(C(=O)OCCOCCO)C(C)C(=O)OCCCCCC. The highest BCUT2D eigenvalue weighted by Gasteiger charge is 2.35. The first-order valence-electron chi connectivity index (χ1n) is 11.6. The summed E-state index contributed by atoms with van der Waals surface area (Å²) in [6, 6.07) is 0. The van der Waals surface area contributed by atoms with Gasteiger partial charge in [-0.3, -0.25) is 14.4 Å². The van der Waals surface area contributed by atoms with Crippen molar-refractivity contribution in [2.24, 2.45) is 11.8 Å². The third-order valence-corrected chi connectivity index (χ3v) is 4.88. The van der Waals surface area contributed by atoms with Crippen LogP contribution in [-0.2, 0) is 33.3 Å². The van der Waals surface area contributed by atoms with Gasteiger partial charge in [0.2, 0.25) is 0 Å². The van der Waals surface area contributed by atoms with E-state index in [9.17, 15) is 14.4 Å². The molecule has 0 aromatic rings. The minimum Gasteiger partial charge on any atom is -0.466 e. The highest BCUT2D eigenvalue weighted by atomic mass is 16.6. The molecule has 31 heavy (non-hydrogen) atoms. The van der Waals surface area contributed by atoms with E-state index in [1.807, 2.05) is 0 Å². The van der Waals surface area contributed by atoms with E-state index in [1.165, 1.54) is 0 Å². The number of hydrogen-bond acceptors (Lipinski definition) is 8. The molecular weight excluding hydrogens is 404 g/mol. The van der Waals surface area contributed by atoms with Crippen LogP contribution in [0.25, 0.3) is 0 Å². The fourth-order valence-electron chi connectivity index (χ4n) is 2.89. The number of hydrogen-bond donors (Lipinski definition) is 1. The average molecular weight is 447 g/mol. The van der Waals surface area contributed by atoms with Crippen LogP contribution in [0, 0.1) is 11.8 Å². The Morgan fingerprint density at radius 1 is 0.710 bits per heavy atom. The lowest BCUT2D eigenvalue weighted by atomic mass is 9.91. The van der Waals surface area contributed by atoms with Crippen molar-refractivity contribution in [3.05, 3.63) is 0 Å². The molecule has 0 radical (unpaired) electrons. The molecule has 0 saturated carbocycles. The number of ether oxygens (including phenoxy) is 4. The van der Waals surface area contributed by atoms with Crippen LogP contribution >= 0.6 is 0 Å². The van der Waals surface area contributed by atoms with Crippen LogP contribution < -0.4 is 0 Å². The molecule has 1 N–H and O–H groups in total. The number of rotatable bonds is 20. The van der Waals surface area contributed by atoms with E-state index >= 15 is 0 Å². The van der Waals surface area contributed by atoms with Crippen LogP contribution in [0.4, 0.5) is 0 Å². The molecule has 0 aliphatic rings. The molecule has 8 nitrogen and oxygen atoms in total. The van der Waals surface area contributed by atoms with Gasteiger partial charge in [0.1, 0.15) is 6.61 Å². The Morgan fingerprint density at radius 2 is 1.29 bits per heavy atom. The number of carbonyl (C=O) groups is 3. The molecule has 0 rings (SSSR count). The molecule has 2 unspecified atom stereocenters. The summed E-state index contributed by atoms with van der Waals surface area (Å²) in [5.41, 5.74) is 0. The summed E-state index contributed by atoms with van der Waals surface area (Å²) < 4.78 is 20.8. The fourth-order valence-corrected chi connectivity index (χ4v) is 2.89. The average Bonchev–Trinajstić information content (AvgIpc) is 2.76. The Bertz CT molecular complexity index is 480. The standard InChI is InChI=1S/C23H42O8/c1-4-6-8-10-13-29-21(25)18-20(23(27)31-17-16-28-15-12-24)19(3)22(26)30-14-11-9-7-5-2/h19-20,24H,4-18H2,1-3H3. The van der Waals surface area contributed by atoms with Gasteiger partial charge in [-0.25, -0.2) is 0 Å². The van der Waals surface area contributed by atoms with Gasteiger partial charge in [0.05, 0.1) is 51.3 Å². The Balaban J connectivity index is 4.69. The van der Waals surface area contributed by atoms with Gasteiger partial charge in [-0.1, -0.05) is 59.3 Å². The number of unbranched alkanes of at least 4 members (excludes halogenated alkanes) is 6. The molecule has 182 valence electrons. The molecule has 0 spiro atoms. The van der Waals surface area contributed by atoms with Gasteiger partial charge in [0.25, 0.3) is 0 Å². The van der Waals surface area contributed by atoms with E-state index in [-0.39, 0.29) is 32.8 Å². The van der Waals surface area contributed by atoms with Crippen LogP contribution in [0.5, 0.6) is 0 Å². The lowest BCUT2D eigenvalue weighted by molar-refractivity contribution is -0.164. The summed E-state index contributed by atoms with van der Waals surface area (Å²) in [6.07, 6.45) is 7.57. The summed E-state index contributed by atoms with van der Waals surface area (Å²) >= 11 is 0. The Kier molecular flexibility index (Phi) is 19.2. The van der Waals surface area contributed by atoms with Gasteiger partial charge >= 0.3 is 17.9 Å². The Morgan fingerprint density at radius 3 is 1.87 bits per heavy atom. The maximum absolute atomic E-state index is 12.5. The summed E-state index contributed by atoms with van der Waals surface area (Å²) in [4.78, 5) is 37.2. The van der Waals surface area contributed by atoms with Crippen molar-refractivity contribution < 1.29 is 38.4 Å². The highest BCUT2D eigenvalue weighted by molar-refractivity contribution is 5.85. The lowest BCUT2D eigenvalue weighted by Gasteiger charge is -2.21. The number of aliphatic hydroxyl groups is 1. The maximum atomic E-state index is 12.5. The van der Waals surface area contributed by atoms with Gasteiger partial charge < -0.3 is 24.1 Å². The van der Waals surface area contributed by atoms with Gasteiger partial charge in [-0.15, -0.1) is 0 Å². The molecule has 0 saturated heterocycles. The number of aliphatic hydroxyl groups excluding tert-OH is 1. The number of carbonyl (C=O) groups excluding carboxylic acids is 3. The molecule has 2 atom stereocenters. The molecule has 0 amide bonds. The van der Waals surface area contributed by atoms with Gasteiger partial charge in [-0.2, -0.15) is 0 Å². The molecule has 0 heterocycles. The molecule has 0 aliphatic carbocycles. The second-order valence-corrected chi connectivity index (χ2v) is 7.61. The molecule has 0 aromatic carbocycles. The van der Waals surface area contributed by atoms with E-state index in [1.54, 1.807) is 6.92 Å². The third-order valence-electron chi connectivity index (χ3n) is 4.88. The van der Waals surface area contributed by atoms with Crippen LogP contribution in [-0.4, -0.2) is 62.7 Å². The molecule has 8 heteroatoms. The van der Waals surface area contributed by atoms with E-state index in [2.05, 4.69) is 13.8 Å². The zero-order valence-corrected chi connectivity index (χ0v) is 19.6. The Hall–Kier alpha value is -1.67. The van der Waals surface area contributed by atoms with E-state index in [0.717, 1.165) is 51.4 Å². The first-order chi connectivity index (χ1) is 15.0. The topological polar surface area (TPSA) is 108 Å². The third kappa shape index (κ3) is 15.7. The largest absolute Gasteiger partial charge is 0.466 e. The van der Waals surface area contributed by atoms with Crippen molar-refractivity contribution in [1.82, 2.24) is 0 Å². The van der Waals surface area contributed by atoms with Gasteiger partial charge in [0.15, 0.2) is 0 Å². The van der Waals surface area contributed by atoms with Crippen molar-refractivity contribution >= 4 is 17.9 Å². The van der Waals surface area contributed by atoms with Crippen LogP contribution in [0.2, 0.25) is 0 Å². The van der Waals surface area contributed by atoms with Crippen molar-refractivity contribution in [3.63, 3.8) is 0 Å². The first-order valence-corrected chi connectivity index (χ1v) is 11.6. The normalized spacial score (nSPS) is 12.8. The zero-order valence-electron chi connectivity index (χ0n) is 19.6. The highest BCUT2D eigenvalue weighted by Crippen LogP contribution is 2.21. The van der Waals surface area contributed by atoms with Crippen LogP contribution in [0.1, 0.15) is 78.6 Å². The lowest BCUT2D eigenvalue weighted by Crippen LogP contribution is -2.33. The van der Waals surface area contributed by atoms with Gasteiger partial charge in [0, 0.05) is 0 Å². The summed E-state index contributed by atoms with van der Waals surface area (Å²) in [7, 11) is 0. The predicted molar refractivity (Wildman–Crippen MR) is 116 cm³/mol. The van der Waals surface area contributed by atoms with Gasteiger partial charge in [-0.05, 0) is 12.8 Å². The minimum atomic E-state index is -0.982. The van der Waals surface area contributed by atoms with Crippen LogP contribution in [0.3, 0.4) is 0 Å². The molecule has 0 aliphatic heterocycles. The minimum absolute atomic E-state index is 0.0276. The second kappa shape index (κ2) is 20.2. The zero-order chi connectivity index (χ0) is 23.3.